The second-order valence-electron chi connectivity index (χ2n) is 6.81. The summed E-state index contributed by atoms with van der Waals surface area (Å²) in [6, 6.07) is 5.15. The summed E-state index contributed by atoms with van der Waals surface area (Å²) in [6.07, 6.45) is 4.60. The van der Waals surface area contributed by atoms with Gasteiger partial charge >= 0.3 is 0 Å². The summed E-state index contributed by atoms with van der Waals surface area (Å²) >= 11 is 0. The molecule has 1 aromatic carbocycles. The van der Waals surface area contributed by atoms with Gasteiger partial charge in [-0.15, -0.1) is 10.2 Å². The van der Waals surface area contributed by atoms with Crippen LogP contribution in [-0.4, -0.2) is 25.7 Å². The smallest absolute Gasteiger partial charge is 0.257 e. The lowest BCUT2D eigenvalue weighted by molar-refractivity contribution is 0.0936. The number of carbonyl (C=O) groups is 1. The summed E-state index contributed by atoms with van der Waals surface area (Å²) in [4.78, 5) is 28.5. The summed E-state index contributed by atoms with van der Waals surface area (Å²) in [5.74, 6) is 1.29. The van der Waals surface area contributed by atoms with Gasteiger partial charge in [0, 0.05) is 24.5 Å². The van der Waals surface area contributed by atoms with E-state index in [9.17, 15) is 9.59 Å². The fourth-order valence-corrected chi connectivity index (χ4v) is 3.56. The number of amides is 1. The van der Waals surface area contributed by atoms with Crippen LogP contribution in [0.4, 0.5) is 0 Å². The predicted molar refractivity (Wildman–Crippen MR) is 98.1 cm³/mol. The second-order valence-corrected chi connectivity index (χ2v) is 6.81. The van der Waals surface area contributed by atoms with Gasteiger partial charge in [0.2, 0.25) is 5.43 Å². The highest BCUT2D eigenvalue weighted by atomic mass is 16.2. The Morgan fingerprint density at radius 3 is 3.00 bits per heavy atom. The monoisotopic (exact) mass is 351 g/mol. The van der Waals surface area contributed by atoms with Crippen LogP contribution < -0.4 is 10.7 Å². The molecule has 0 spiro atoms. The Morgan fingerprint density at radius 2 is 2.15 bits per heavy atom. The number of fused-ring (bicyclic) bond motifs is 2. The van der Waals surface area contributed by atoms with Crippen LogP contribution >= 0.6 is 0 Å². The van der Waals surface area contributed by atoms with Crippen molar-refractivity contribution in [1.29, 1.82) is 0 Å². The number of aromatic amines is 1. The molecule has 1 aliphatic heterocycles. The molecule has 3 heterocycles. The van der Waals surface area contributed by atoms with Gasteiger partial charge in [-0.1, -0.05) is 12.1 Å². The molecular weight excluding hydrogens is 330 g/mol. The number of nitrogens with one attached hydrogen (secondary N) is 2. The van der Waals surface area contributed by atoms with E-state index in [0.29, 0.717) is 5.39 Å². The zero-order valence-electron chi connectivity index (χ0n) is 14.9. The van der Waals surface area contributed by atoms with E-state index >= 15 is 0 Å². The Morgan fingerprint density at radius 1 is 1.31 bits per heavy atom. The third-order valence-corrected chi connectivity index (χ3v) is 4.99. The molecule has 7 heteroatoms. The Bertz CT molecular complexity index is 1050. The number of hydrogen-bond donors (Lipinski definition) is 2. The van der Waals surface area contributed by atoms with Crippen LogP contribution in [0.25, 0.3) is 10.9 Å². The fourth-order valence-electron chi connectivity index (χ4n) is 3.56. The lowest BCUT2D eigenvalue weighted by Gasteiger charge is -2.18. The molecule has 0 aliphatic carbocycles. The zero-order chi connectivity index (χ0) is 18.3. The molecular formula is C19H21N5O2. The minimum absolute atomic E-state index is 0.105. The van der Waals surface area contributed by atoms with Crippen molar-refractivity contribution < 1.29 is 4.79 Å². The van der Waals surface area contributed by atoms with Crippen molar-refractivity contribution in [3.8, 4) is 0 Å². The zero-order valence-corrected chi connectivity index (χ0v) is 14.9. The van der Waals surface area contributed by atoms with Crippen LogP contribution in [0.3, 0.4) is 0 Å². The molecule has 3 aromatic rings. The topological polar surface area (TPSA) is 92.7 Å². The van der Waals surface area contributed by atoms with Crippen LogP contribution in [0.5, 0.6) is 0 Å². The van der Waals surface area contributed by atoms with Gasteiger partial charge in [-0.2, -0.15) is 0 Å². The molecule has 0 radical (unpaired) electrons. The predicted octanol–water partition coefficient (Wildman–Crippen LogP) is 2.26. The van der Waals surface area contributed by atoms with E-state index in [1.54, 1.807) is 6.07 Å². The number of nitrogens with zero attached hydrogens (tertiary/aromatic N) is 3. The summed E-state index contributed by atoms with van der Waals surface area (Å²) < 4.78 is 2.07. The van der Waals surface area contributed by atoms with Crippen molar-refractivity contribution in [2.45, 2.75) is 45.7 Å². The van der Waals surface area contributed by atoms with Crippen LogP contribution in [-0.2, 0) is 13.0 Å². The summed E-state index contributed by atoms with van der Waals surface area (Å²) in [5.41, 5.74) is 1.56. The molecule has 1 unspecified atom stereocenters. The van der Waals surface area contributed by atoms with Gasteiger partial charge in [-0.3, -0.25) is 9.59 Å². The Hall–Kier alpha value is -2.96. The van der Waals surface area contributed by atoms with Crippen molar-refractivity contribution in [2.75, 3.05) is 0 Å². The maximum absolute atomic E-state index is 12.7. The first-order chi connectivity index (χ1) is 12.6. The molecule has 7 nitrogen and oxygen atoms in total. The van der Waals surface area contributed by atoms with Crippen molar-refractivity contribution in [1.82, 2.24) is 25.1 Å². The van der Waals surface area contributed by atoms with E-state index in [-0.39, 0.29) is 17.0 Å². The molecule has 0 fully saturated rings. The lowest BCUT2D eigenvalue weighted by Crippen LogP contribution is -2.32. The van der Waals surface area contributed by atoms with Gasteiger partial charge in [-0.25, -0.2) is 0 Å². The Labute approximate surface area is 150 Å². The number of pyridine rings is 1. The number of aromatic nitrogens is 4. The number of aryl methyl sites for hydroxylation is 2. The van der Waals surface area contributed by atoms with Gasteiger partial charge in [0.05, 0.1) is 11.6 Å². The maximum Gasteiger partial charge on any atom is 0.257 e. The highest BCUT2D eigenvalue weighted by Crippen LogP contribution is 2.19. The van der Waals surface area contributed by atoms with E-state index in [1.165, 1.54) is 6.20 Å². The van der Waals surface area contributed by atoms with Gasteiger partial charge in [-0.05, 0) is 38.3 Å². The minimum atomic E-state index is -0.407. The van der Waals surface area contributed by atoms with Crippen molar-refractivity contribution >= 4 is 16.8 Å². The average molecular weight is 351 g/mol. The van der Waals surface area contributed by atoms with E-state index in [1.807, 2.05) is 26.0 Å². The average Bonchev–Trinajstić information content (AvgIpc) is 3.07. The molecule has 0 bridgehead atoms. The third-order valence-electron chi connectivity index (χ3n) is 4.99. The van der Waals surface area contributed by atoms with Crippen molar-refractivity contribution in [3.63, 3.8) is 0 Å². The van der Waals surface area contributed by atoms with E-state index in [2.05, 4.69) is 25.1 Å². The van der Waals surface area contributed by atoms with Gasteiger partial charge in [0.15, 0.2) is 5.82 Å². The minimum Gasteiger partial charge on any atom is -0.360 e. The van der Waals surface area contributed by atoms with E-state index in [4.69, 9.17) is 0 Å². The summed E-state index contributed by atoms with van der Waals surface area (Å²) in [5, 5.41) is 11.9. The quantitative estimate of drug-likeness (QED) is 0.757. The lowest BCUT2D eigenvalue weighted by atomic mass is 10.1. The highest BCUT2D eigenvalue weighted by molar-refractivity contribution is 5.97. The van der Waals surface area contributed by atoms with Crippen LogP contribution in [0.1, 0.15) is 53.4 Å². The SMILES string of the molecule is Cc1cccc2c(=O)c(C(=O)NC(C)c3nnc4n3CCCC4)c[nH]c12. The number of carbonyl (C=O) groups excluding carboxylic acids is 1. The largest absolute Gasteiger partial charge is 0.360 e. The molecule has 4 rings (SSSR count). The van der Waals surface area contributed by atoms with Gasteiger partial charge in [0.25, 0.3) is 5.91 Å². The summed E-state index contributed by atoms with van der Waals surface area (Å²) in [6.45, 7) is 4.66. The first-order valence-electron chi connectivity index (χ1n) is 8.90. The molecule has 134 valence electrons. The van der Waals surface area contributed by atoms with Crippen LogP contribution in [0.15, 0.2) is 29.2 Å². The Kier molecular flexibility index (Phi) is 4.06. The van der Waals surface area contributed by atoms with Crippen molar-refractivity contribution in [3.05, 3.63) is 57.4 Å². The molecule has 1 atom stereocenters. The number of H-pyrrole nitrogens is 1. The number of benzene rings is 1. The molecule has 2 N–H and O–H groups in total. The Balaban J connectivity index is 1.62. The molecule has 1 amide bonds. The molecule has 26 heavy (non-hydrogen) atoms. The fraction of sp³-hybridized carbons (Fsp3) is 0.368. The number of para-hydroxylation sites is 1. The number of rotatable bonds is 3. The van der Waals surface area contributed by atoms with E-state index < -0.39 is 5.91 Å². The standard InChI is InChI=1S/C19H21N5O2/c1-11-6-5-7-13-16(11)20-10-14(17(13)25)19(26)21-12(2)18-23-22-15-8-3-4-9-24(15)18/h5-7,10,12H,3-4,8-9H2,1-2H3,(H,20,25)(H,21,26). The first kappa shape index (κ1) is 16.5. The summed E-state index contributed by atoms with van der Waals surface area (Å²) in [7, 11) is 0. The third kappa shape index (κ3) is 2.69. The highest BCUT2D eigenvalue weighted by Gasteiger charge is 2.23. The van der Waals surface area contributed by atoms with Crippen molar-refractivity contribution in [2.24, 2.45) is 0 Å². The molecule has 0 saturated carbocycles. The van der Waals surface area contributed by atoms with Gasteiger partial charge < -0.3 is 14.9 Å². The molecule has 0 saturated heterocycles. The van der Waals surface area contributed by atoms with Gasteiger partial charge in [0.1, 0.15) is 11.4 Å². The second kappa shape index (κ2) is 6.40. The molecule has 1 aliphatic rings. The number of hydrogen-bond acceptors (Lipinski definition) is 4. The van der Waals surface area contributed by atoms with Crippen LogP contribution in [0.2, 0.25) is 0 Å². The van der Waals surface area contributed by atoms with E-state index in [0.717, 1.165) is 48.5 Å². The molecule has 2 aromatic heterocycles. The maximum atomic E-state index is 12.7. The van der Waals surface area contributed by atoms with Crippen LogP contribution in [0, 0.1) is 6.92 Å². The first-order valence-corrected chi connectivity index (χ1v) is 8.90. The normalized spacial score (nSPS) is 14.8.